The molecule has 4 nitrogen and oxygen atoms in total. The molecule has 0 aliphatic carbocycles. The number of aliphatic hydroxyl groups is 1. The van der Waals surface area contributed by atoms with Crippen molar-refractivity contribution in [2.45, 2.75) is 148 Å². The van der Waals surface area contributed by atoms with Crippen LogP contribution in [0.25, 0.3) is 0 Å². The Bertz CT molecular complexity index is 1050. The summed E-state index contributed by atoms with van der Waals surface area (Å²) in [5.41, 5.74) is 0. The van der Waals surface area contributed by atoms with E-state index in [1.807, 2.05) is 0 Å². The van der Waals surface area contributed by atoms with Gasteiger partial charge in [0, 0.05) is 13.0 Å². The first-order valence-corrected chi connectivity index (χ1v) is 20.1. The molecular weight excluding hydrogens is 629 g/mol. The standard InChI is InChI=1S/C47H74O4/c1-3-5-7-9-11-13-15-17-19-21-23-24-25-26-28-30-32-34-36-38-40-42-47(49)51-46(44-48)45-50-43-41-39-37-35-33-31-29-27-22-20-18-16-14-12-10-8-6-4-2/h5-8,11-14,17-20,23-24,26-29,32,34,46,48H,3-4,9-10,15-16,21-22,25,30-31,33,35-45H2,1-2H3/b7-5-,8-6-,13-11-,14-12-,19-17-,20-18-,24-23-,28-26-,29-27-,34-32-. The van der Waals surface area contributed by atoms with Crippen molar-refractivity contribution in [3.05, 3.63) is 122 Å². The van der Waals surface area contributed by atoms with Gasteiger partial charge in [-0.25, -0.2) is 0 Å². The van der Waals surface area contributed by atoms with E-state index in [1.54, 1.807) is 0 Å². The summed E-state index contributed by atoms with van der Waals surface area (Å²) in [7, 11) is 0. The SMILES string of the molecule is CC/C=C\C/C=C\C/C=C\C/C=C\C/C=C\C/C=C\CCCCC(=O)OC(CO)COCCCCCCC/C=C\C/C=C\C/C=C\C/C=C\CC. The van der Waals surface area contributed by atoms with Gasteiger partial charge < -0.3 is 14.6 Å². The van der Waals surface area contributed by atoms with Crippen LogP contribution in [-0.4, -0.2) is 37.0 Å². The molecule has 1 atom stereocenters. The molecule has 1 N–H and O–H groups in total. The van der Waals surface area contributed by atoms with Crippen LogP contribution in [-0.2, 0) is 14.3 Å². The van der Waals surface area contributed by atoms with E-state index in [2.05, 4.69) is 135 Å². The minimum absolute atomic E-state index is 0.207. The summed E-state index contributed by atoms with van der Waals surface area (Å²) < 4.78 is 11.1. The molecule has 0 saturated carbocycles. The molecule has 0 amide bonds. The highest BCUT2D eigenvalue weighted by Gasteiger charge is 2.13. The number of aliphatic hydroxyl groups excluding tert-OH is 1. The van der Waals surface area contributed by atoms with E-state index in [9.17, 15) is 9.90 Å². The van der Waals surface area contributed by atoms with E-state index in [-0.39, 0.29) is 19.2 Å². The smallest absolute Gasteiger partial charge is 0.306 e. The molecule has 0 aliphatic heterocycles. The molecule has 0 aliphatic rings. The normalized spacial score (nSPS) is 13.7. The van der Waals surface area contributed by atoms with E-state index in [4.69, 9.17) is 9.47 Å². The molecule has 0 fully saturated rings. The first-order chi connectivity index (χ1) is 25.2. The lowest BCUT2D eigenvalue weighted by atomic mass is 10.1. The van der Waals surface area contributed by atoms with Crippen molar-refractivity contribution in [1.82, 2.24) is 0 Å². The predicted octanol–water partition coefficient (Wildman–Crippen LogP) is 13.3. The Morgan fingerprint density at radius 2 is 0.824 bits per heavy atom. The molecule has 4 heteroatoms. The van der Waals surface area contributed by atoms with E-state index >= 15 is 0 Å². The highest BCUT2D eigenvalue weighted by Crippen LogP contribution is 2.08. The zero-order chi connectivity index (χ0) is 37.0. The lowest BCUT2D eigenvalue weighted by Crippen LogP contribution is -2.27. The van der Waals surface area contributed by atoms with E-state index in [0.717, 1.165) is 103 Å². The molecule has 51 heavy (non-hydrogen) atoms. The first kappa shape index (κ1) is 47.8. The average Bonchev–Trinajstić information content (AvgIpc) is 3.14. The highest BCUT2D eigenvalue weighted by atomic mass is 16.6. The van der Waals surface area contributed by atoms with Gasteiger partial charge in [0.25, 0.3) is 0 Å². The quantitative estimate of drug-likeness (QED) is 0.0406. The fourth-order valence-electron chi connectivity index (χ4n) is 4.85. The van der Waals surface area contributed by atoms with Gasteiger partial charge in [0.05, 0.1) is 13.2 Å². The summed E-state index contributed by atoms with van der Waals surface area (Å²) in [6, 6.07) is 0. The Kier molecular flexibility index (Phi) is 40.3. The molecule has 0 bridgehead atoms. The van der Waals surface area contributed by atoms with Crippen LogP contribution >= 0.6 is 0 Å². The maximum Gasteiger partial charge on any atom is 0.306 e. The van der Waals surface area contributed by atoms with Crippen LogP contribution in [0.2, 0.25) is 0 Å². The second kappa shape index (κ2) is 43.0. The molecular formula is C47H74O4. The van der Waals surface area contributed by atoms with Crippen molar-refractivity contribution in [2.75, 3.05) is 19.8 Å². The highest BCUT2D eigenvalue weighted by molar-refractivity contribution is 5.69. The third-order valence-corrected chi connectivity index (χ3v) is 7.78. The Balaban J connectivity index is 3.64. The molecule has 0 radical (unpaired) electrons. The number of carbonyl (C=O) groups excluding carboxylic acids is 1. The summed E-state index contributed by atoms with van der Waals surface area (Å²) in [4.78, 5) is 12.2. The largest absolute Gasteiger partial charge is 0.457 e. The molecule has 0 aromatic heterocycles. The second-order valence-corrected chi connectivity index (χ2v) is 12.6. The number of carbonyl (C=O) groups is 1. The fourth-order valence-corrected chi connectivity index (χ4v) is 4.85. The van der Waals surface area contributed by atoms with E-state index in [0.29, 0.717) is 13.0 Å². The van der Waals surface area contributed by atoms with Gasteiger partial charge in [-0.15, -0.1) is 0 Å². The summed E-state index contributed by atoms with van der Waals surface area (Å²) in [6.45, 7) is 5.00. The van der Waals surface area contributed by atoms with Crippen LogP contribution < -0.4 is 0 Å². The van der Waals surface area contributed by atoms with Crippen molar-refractivity contribution in [2.24, 2.45) is 0 Å². The first-order valence-electron chi connectivity index (χ1n) is 20.1. The van der Waals surface area contributed by atoms with Crippen LogP contribution in [0.3, 0.4) is 0 Å². The number of rotatable bonds is 35. The number of ether oxygens (including phenoxy) is 2. The predicted molar refractivity (Wildman–Crippen MR) is 223 cm³/mol. The zero-order valence-electron chi connectivity index (χ0n) is 32.6. The van der Waals surface area contributed by atoms with Crippen LogP contribution in [0.5, 0.6) is 0 Å². The monoisotopic (exact) mass is 703 g/mol. The van der Waals surface area contributed by atoms with Crippen LogP contribution in [0, 0.1) is 0 Å². The van der Waals surface area contributed by atoms with Gasteiger partial charge in [-0.3, -0.25) is 4.79 Å². The Labute approximate surface area is 314 Å². The number of esters is 1. The van der Waals surface area contributed by atoms with Crippen LogP contribution in [0.1, 0.15) is 142 Å². The minimum Gasteiger partial charge on any atom is -0.457 e. The van der Waals surface area contributed by atoms with Gasteiger partial charge in [0.2, 0.25) is 0 Å². The number of hydrogen-bond donors (Lipinski definition) is 1. The van der Waals surface area contributed by atoms with Crippen LogP contribution in [0.4, 0.5) is 0 Å². The molecule has 0 aromatic rings. The summed E-state index contributed by atoms with van der Waals surface area (Å²) in [6.07, 6.45) is 63.9. The second-order valence-electron chi connectivity index (χ2n) is 12.6. The number of hydrogen-bond acceptors (Lipinski definition) is 4. The molecule has 0 heterocycles. The fraction of sp³-hybridized carbons (Fsp3) is 0.553. The van der Waals surface area contributed by atoms with Crippen molar-refractivity contribution >= 4 is 5.97 Å². The summed E-state index contributed by atoms with van der Waals surface area (Å²) in [5, 5.41) is 9.58. The third kappa shape index (κ3) is 41.1. The van der Waals surface area contributed by atoms with E-state index in [1.165, 1.54) is 19.3 Å². The molecule has 0 spiro atoms. The van der Waals surface area contributed by atoms with E-state index < -0.39 is 6.10 Å². The maximum absolute atomic E-state index is 12.2. The van der Waals surface area contributed by atoms with Gasteiger partial charge in [0.15, 0.2) is 0 Å². The molecule has 286 valence electrons. The Morgan fingerprint density at radius 3 is 1.24 bits per heavy atom. The minimum atomic E-state index is -0.577. The van der Waals surface area contributed by atoms with Gasteiger partial charge >= 0.3 is 5.97 Å². The van der Waals surface area contributed by atoms with Crippen molar-refractivity contribution in [1.29, 1.82) is 0 Å². The van der Waals surface area contributed by atoms with Crippen molar-refractivity contribution < 1.29 is 19.4 Å². The van der Waals surface area contributed by atoms with Crippen molar-refractivity contribution in [3.8, 4) is 0 Å². The van der Waals surface area contributed by atoms with Gasteiger partial charge in [-0.2, -0.15) is 0 Å². The molecule has 0 rings (SSSR count). The lowest BCUT2D eigenvalue weighted by molar-refractivity contribution is -0.154. The zero-order valence-corrected chi connectivity index (χ0v) is 32.6. The maximum atomic E-state index is 12.2. The van der Waals surface area contributed by atoms with Crippen LogP contribution in [0.15, 0.2) is 122 Å². The average molecular weight is 703 g/mol. The van der Waals surface area contributed by atoms with Gasteiger partial charge in [0.1, 0.15) is 6.10 Å². The molecule has 0 aromatic carbocycles. The number of allylic oxidation sites excluding steroid dienone is 20. The van der Waals surface area contributed by atoms with Gasteiger partial charge in [-0.05, 0) is 103 Å². The van der Waals surface area contributed by atoms with Crippen molar-refractivity contribution in [3.63, 3.8) is 0 Å². The third-order valence-electron chi connectivity index (χ3n) is 7.78. The molecule has 1 unspecified atom stereocenters. The molecule has 0 saturated heterocycles. The lowest BCUT2D eigenvalue weighted by Gasteiger charge is -2.15. The summed E-state index contributed by atoms with van der Waals surface area (Å²) >= 11 is 0. The van der Waals surface area contributed by atoms with Gasteiger partial charge in [-0.1, -0.05) is 155 Å². The Hall–Kier alpha value is -3.21. The number of unbranched alkanes of at least 4 members (excludes halogenated alkanes) is 7. The topological polar surface area (TPSA) is 55.8 Å². The Morgan fingerprint density at radius 1 is 0.471 bits per heavy atom. The summed E-state index contributed by atoms with van der Waals surface area (Å²) in [5.74, 6) is -0.256.